The summed E-state index contributed by atoms with van der Waals surface area (Å²) in [7, 11) is -3.47. The second-order valence-electron chi connectivity index (χ2n) is 4.34. The normalized spacial score (nSPS) is 22.2. The first-order valence-corrected chi connectivity index (χ1v) is 7.85. The summed E-state index contributed by atoms with van der Waals surface area (Å²) in [5, 5.41) is 10.6. The highest BCUT2D eigenvalue weighted by molar-refractivity contribution is 7.89. The monoisotopic (exact) mass is 270 g/mol. The molecule has 1 saturated heterocycles. The second kappa shape index (κ2) is 4.77. The van der Waals surface area contributed by atoms with Gasteiger partial charge < -0.3 is 0 Å². The van der Waals surface area contributed by atoms with Gasteiger partial charge in [-0.1, -0.05) is 6.92 Å². The van der Waals surface area contributed by atoms with Crippen molar-refractivity contribution in [3.63, 3.8) is 0 Å². The smallest absolute Gasteiger partial charge is 0.207 e. The number of nitriles is 1. The summed E-state index contributed by atoms with van der Waals surface area (Å²) >= 11 is 1.17. The van der Waals surface area contributed by atoms with E-state index in [4.69, 9.17) is 5.26 Å². The van der Waals surface area contributed by atoms with Crippen molar-refractivity contribution < 1.29 is 8.42 Å². The average Bonchev–Trinajstić information content (AvgIpc) is 2.77. The van der Waals surface area contributed by atoms with Crippen LogP contribution in [0.15, 0.2) is 16.3 Å². The third kappa shape index (κ3) is 2.37. The minimum absolute atomic E-state index is 0.166. The van der Waals surface area contributed by atoms with Gasteiger partial charge in [0.2, 0.25) is 10.0 Å². The fraction of sp³-hybridized carbons (Fsp3) is 0.545. The molecule has 0 N–H and O–H groups in total. The minimum Gasteiger partial charge on any atom is -0.207 e. The summed E-state index contributed by atoms with van der Waals surface area (Å²) in [5.74, 6) is 0.391. The van der Waals surface area contributed by atoms with Crippen molar-refractivity contribution in [3.8, 4) is 6.07 Å². The zero-order chi connectivity index (χ0) is 12.5. The fourth-order valence-electron chi connectivity index (χ4n) is 2.09. The molecule has 0 aromatic carbocycles. The van der Waals surface area contributed by atoms with Crippen molar-refractivity contribution in [1.29, 1.82) is 5.26 Å². The lowest BCUT2D eigenvalue weighted by Crippen LogP contribution is -2.39. The van der Waals surface area contributed by atoms with Gasteiger partial charge in [0.25, 0.3) is 0 Å². The van der Waals surface area contributed by atoms with Crippen LogP contribution in [0.4, 0.5) is 0 Å². The van der Waals surface area contributed by atoms with E-state index in [1.54, 1.807) is 5.38 Å². The van der Waals surface area contributed by atoms with Crippen LogP contribution in [0.3, 0.4) is 0 Å². The molecule has 0 aliphatic carbocycles. The van der Waals surface area contributed by atoms with Crippen molar-refractivity contribution >= 4 is 21.4 Å². The molecule has 1 atom stereocenters. The Morgan fingerprint density at radius 1 is 1.59 bits per heavy atom. The van der Waals surface area contributed by atoms with Gasteiger partial charge in [0.1, 0.15) is 15.8 Å². The third-order valence-electron chi connectivity index (χ3n) is 2.97. The van der Waals surface area contributed by atoms with E-state index in [2.05, 4.69) is 6.92 Å². The Balaban J connectivity index is 2.34. The van der Waals surface area contributed by atoms with E-state index in [0.29, 0.717) is 19.0 Å². The SMILES string of the molecule is C[C@H]1CCCN(S(=O)(=O)c2ccsc2C#N)C1. The largest absolute Gasteiger partial charge is 0.245 e. The molecule has 0 radical (unpaired) electrons. The molecule has 2 heterocycles. The maximum Gasteiger partial charge on any atom is 0.245 e. The van der Waals surface area contributed by atoms with Gasteiger partial charge in [-0.3, -0.25) is 0 Å². The molecule has 17 heavy (non-hydrogen) atoms. The molecule has 1 aliphatic rings. The van der Waals surface area contributed by atoms with Crippen LogP contribution in [0.5, 0.6) is 0 Å². The number of sulfonamides is 1. The molecule has 0 saturated carbocycles. The summed E-state index contributed by atoms with van der Waals surface area (Å²) in [6.45, 7) is 3.18. The molecule has 0 spiro atoms. The van der Waals surface area contributed by atoms with Gasteiger partial charge in [0, 0.05) is 13.1 Å². The van der Waals surface area contributed by atoms with Crippen molar-refractivity contribution in [1.82, 2.24) is 4.31 Å². The number of piperidine rings is 1. The van der Waals surface area contributed by atoms with E-state index in [-0.39, 0.29) is 9.77 Å². The van der Waals surface area contributed by atoms with Crippen molar-refractivity contribution in [2.24, 2.45) is 5.92 Å². The summed E-state index contributed by atoms with van der Waals surface area (Å²) in [6.07, 6.45) is 1.97. The minimum atomic E-state index is -3.47. The number of hydrogen-bond acceptors (Lipinski definition) is 4. The summed E-state index contributed by atoms with van der Waals surface area (Å²) in [5.41, 5.74) is 0. The van der Waals surface area contributed by atoms with Gasteiger partial charge >= 0.3 is 0 Å². The molecule has 4 nitrogen and oxygen atoms in total. The molecule has 1 aromatic rings. The first-order chi connectivity index (χ1) is 8.05. The Morgan fingerprint density at radius 3 is 3.00 bits per heavy atom. The summed E-state index contributed by atoms with van der Waals surface area (Å²) in [6, 6.07) is 3.47. The Morgan fingerprint density at radius 2 is 2.35 bits per heavy atom. The number of hydrogen-bond donors (Lipinski definition) is 0. The van der Waals surface area contributed by atoms with E-state index in [9.17, 15) is 8.42 Å². The zero-order valence-electron chi connectivity index (χ0n) is 9.59. The standard InChI is InChI=1S/C11H14N2O2S2/c1-9-3-2-5-13(8-9)17(14,15)11-4-6-16-10(11)7-12/h4,6,9H,2-3,5,8H2,1H3/t9-/m0/s1. The lowest BCUT2D eigenvalue weighted by atomic mass is 10.0. The maximum absolute atomic E-state index is 12.4. The van der Waals surface area contributed by atoms with Crippen LogP contribution in [-0.4, -0.2) is 25.8 Å². The highest BCUT2D eigenvalue weighted by atomic mass is 32.2. The quantitative estimate of drug-likeness (QED) is 0.826. The van der Waals surface area contributed by atoms with Crippen molar-refractivity contribution in [3.05, 3.63) is 16.3 Å². The molecule has 0 bridgehead atoms. The molecule has 92 valence electrons. The molecule has 0 amide bonds. The van der Waals surface area contributed by atoms with Crippen molar-refractivity contribution in [2.45, 2.75) is 24.7 Å². The van der Waals surface area contributed by atoms with Gasteiger partial charge in [0.05, 0.1) is 0 Å². The fourth-order valence-corrected chi connectivity index (χ4v) is 4.83. The first-order valence-electron chi connectivity index (χ1n) is 5.53. The van der Waals surface area contributed by atoms with Crippen molar-refractivity contribution in [2.75, 3.05) is 13.1 Å². The van der Waals surface area contributed by atoms with Crippen LogP contribution in [0.25, 0.3) is 0 Å². The van der Waals surface area contributed by atoms with E-state index < -0.39 is 10.0 Å². The highest BCUT2D eigenvalue weighted by Crippen LogP contribution is 2.27. The molecule has 1 fully saturated rings. The Labute approximate surface area is 106 Å². The molecule has 2 rings (SSSR count). The topological polar surface area (TPSA) is 61.2 Å². The van der Waals surface area contributed by atoms with E-state index in [1.165, 1.54) is 21.7 Å². The molecule has 1 aromatic heterocycles. The van der Waals surface area contributed by atoms with Crippen LogP contribution < -0.4 is 0 Å². The Hall–Kier alpha value is -0.900. The Kier molecular flexibility index (Phi) is 3.52. The van der Waals surface area contributed by atoms with Crippen LogP contribution in [0.1, 0.15) is 24.6 Å². The number of nitrogens with zero attached hydrogens (tertiary/aromatic N) is 2. The van der Waals surface area contributed by atoms with Crippen LogP contribution >= 0.6 is 11.3 Å². The van der Waals surface area contributed by atoms with E-state index >= 15 is 0 Å². The molecular weight excluding hydrogens is 256 g/mol. The first kappa shape index (κ1) is 12.6. The van der Waals surface area contributed by atoms with Crippen LogP contribution in [0.2, 0.25) is 0 Å². The van der Waals surface area contributed by atoms with Gasteiger partial charge in [-0.25, -0.2) is 8.42 Å². The summed E-state index contributed by atoms with van der Waals surface area (Å²) < 4.78 is 26.2. The number of rotatable bonds is 2. The second-order valence-corrected chi connectivity index (χ2v) is 7.16. The maximum atomic E-state index is 12.4. The Bertz CT molecular complexity index is 542. The lowest BCUT2D eigenvalue weighted by Gasteiger charge is -2.29. The predicted octanol–water partition coefficient (Wildman–Crippen LogP) is 2.04. The molecule has 1 aliphatic heterocycles. The lowest BCUT2D eigenvalue weighted by molar-refractivity contribution is 0.281. The van der Waals surface area contributed by atoms with E-state index in [0.717, 1.165) is 12.8 Å². The zero-order valence-corrected chi connectivity index (χ0v) is 11.2. The molecule has 6 heteroatoms. The van der Waals surface area contributed by atoms with Crippen LogP contribution in [-0.2, 0) is 10.0 Å². The number of thiophene rings is 1. The van der Waals surface area contributed by atoms with Gasteiger partial charge in [-0.05, 0) is 30.2 Å². The van der Waals surface area contributed by atoms with Gasteiger partial charge in [-0.15, -0.1) is 11.3 Å². The predicted molar refractivity (Wildman–Crippen MR) is 66.2 cm³/mol. The van der Waals surface area contributed by atoms with Crippen LogP contribution in [0, 0.1) is 17.2 Å². The third-order valence-corrected chi connectivity index (χ3v) is 5.82. The van der Waals surface area contributed by atoms with Gasteiger partial charge in [-0.2, -0.15) is 9.57 Å². The summed E-state index contributed by atoms with van der Waals surface area (Å²) in [4.78, 5) is 0.447. The highest BCUT2D eigenvalue weighted by Gasteiger charge is 2.30. The average molecular weight is 270 g/mol. The molecular formula is C11H14N2O2S2. The molecule has 0 unspecified atom stereocenters. The van der Waals surface area contributed by atoms with E-state index in [1.807, 2.05) is 6.07 Å². The van der Waals surface area contributed by atoms with Gasteiger partial charge in [0.15, 0.2) is 0 Å².